The Balaban J connectivity index is 1.66. The van der Waals surface area contributed by atoms with Gasteiger partial charge in [-0.15, -0.1) is 0 Å². The summed E-state index contributed by atoms with van der Waals surface area (Å²) >= 11 is 0. The summed E-state index contributed by atoms with van der Waals surface area (Å²) in [7, 11) is 0. The molecule has 40 heavy (non-hydrogen) atoms. The molecule has 0 radical (unpaired) electrons. The molecule has 6 rings (SSSR count). The van der Waals surface area contributed by atoms with Crippen molar-refractivity contribution < 1.29 is 0 Å². The van der Waals surface area contributed by atoms with Gasteiger partial charge in [-0.25, -0.2) is 0 Å². The molecule has 4 aliphatic rings. The average Bonchev–Trinajstić information content (AvgIpc) is 3.13. The van der Waals surface area contributed by atoms with Gasteiger partial charge in [0.1, 0.15) is 0 Å². The molecular weight excluding hydrogens is 480 g/mol. The molecular formula is C40H46. The third-order valence-corrected chi connectivity index (χ3v) is 9.97. The molecule has 0 amide bonds. The van der Waals surface area contributed by atoms with Gasteiger partial charge in [0.2, 0.25) is 0 Å². The van der Waals surface area contributed by atoms with Crippen LogP contribution in [0.1, 0.15) is 137 Å². The molecule has 0 N–H and O–H groups in total. The highest BCUT2D eigenvalue weighted by Crippen LogP contribution is 2.59. The predicted octanol–water partition coefficient (Wildman–Crippen LogP) is 11.6. The normalized spacial score (nSPS) is 21.1. The van der Waals surface area contributed by atoms with E-state index in [4.69, 9.17) is 0 Å². The van der Waals surface area contributed by atoms with E-state index in [1.807, 2.05) is 0 Å². The van der Waals surface area contributed by atoms with E-state index >= 15 is 0 Å². The van der Waals surface area contributed by atoms with Gasteiger partial charge in [0, 0.05) is 11.8 Å². The largest absolute Gasteiger partial charge is 0.0587 e. The Morgan fingerprint density at radius 2 is 0.850 bits per heavy atom. The molecule has 0 heterocycles. The highest BCUT2D eigenvalue weighted by Gasteiger charge is 2.42. The van der Waals surface area contributed by atoms with E-state index in [0.29, 0.717) is 35.5 Å². The fourth-order valence-corrected chi connectivity index (χ4v) is 7.41. The van der Waals surface area contributed by atoms with Gasteiger partial charge in [0.15, 0.2) is 0 Å². The zero-order valence-corrected chi connectivity index (χ0v) is 26.2. The molecule has 0 spiro atoms. The van der Waals surface area contributed by atoms with Gasteiger partial charge < -0.3 is 0 Å². The second kappa shape index (κ2) is 9.76. The maximum absolute atomic E-state index is 2.56. The molecule has 0 aromatic heterocycles. The summed E-state index contributed by atoms with van der Waals surface area (Å²) < 4.78 is 0. The zero-order chi connectivity index (χ0) is 28.6. The second-order valence-electron chi connectivity index (χ2n) is 13.9. The van der Waals surface area contributed by atoms with Crippen LogP contribution in [0.15, 0.2) is 70.9 Å². The van der Waals surface area contributed by atoms with Crippen molar-refractivity contribution in [3.8, 4) is 0 Å². The summed E-state index contributed by atoms with van der Waals surface area (Å²) in [5, 5.41) is 0. The molecule has 0 saturated carbocycles. The maximum Gasteiger partial charge on any atom is 0.0168 e. The van der Waals surface area contributed by atoms with Gasteiger partial charge >= 0.3 is 0 Å². The lowest BCUT2D eigenvalue weighted by atomic mass is 9.76. The van der Waals surface area contributed by atoms with E-state index in [-0.39, 0.29) is 0 Å². The van der Waals surface area contributed by atoms with Gasteiger partial charge in [-0.1, -0.05) is 127 Å². The van der Waals surface area contributed by atoms with Gasteiger partial charge in [0.05, 0.1) is 0 Å². The lowest BCUT2D eigenvalue weighted by Crippen LogP contribution is -2.12. The molecule has 4 aliphatic carbocycles. The third kappa shape index (κ3) is 4.09. The first-order chi connectivity index (χ1) is 19.0. The second-order valence-corrected chi connectivity index (χ2v) is 13.9. The minimum absolute atomic E-state index is 0.351. The smallest absolute Gasteiger partial charge is 0.0168 e. The highest BCUT2D eigenvalue weighted by atomic mass is 14.5. The van der Waals surface area contributed by atoms with Crippen molar-refractivity contribution in [2.24, 2.45) is 11.8 Å². The lowest BCUT2D eigenvalue weighted by Gasteiger charge is -2.27. The number of allylic oxidation sites excluding steroid dienone is 10. The van der Waals surface area contributed by atoms with Crippen LogP contribution in [0, 0.1) is 11.8 Å². The predicted molar refractivity (Wildman–Crippen MR) is 176 cm³/mol. The molecule has 2 unspecified atom stereocenters. The van der Waals surface area contributed by atoms with E-state index in [1.54, 1.807) is 0 Å². The first-order valence-electron chi connectivity index (χ1n) is 15.5. The average molecular weight is 527 g/mol. The minimum atomic E-state index is 0.351. The molecule has 2 aromatic carbocycles. The van der Waals surface area contributed by atoms with Crippen LogP contribution in [0.4, 0.5) is 0 Å². The minimum Gasteiger partial charge on any atom is -0.0587 e. The number of hydrogen-bond acceptors (Lipinski definition) is 0. The van der Waals surface area contributed by atoms with Crippen LogP contribution >= 0.6 is 0 Å². The standard InChI is InChI=1S/C40H46/c1-21(2)27-11-13-29-15-31(23(5)6)19-35-37(25(9)33(17-27)39(29)35)38-26(10)34-18-28(22(3)4)12-14-30-16-32(24(7)8)20-36(38)40(30)34/h11-24,37-38H,1-10H3. The van der Waals surface area contributed by atoms with E-state index in [1.165, 1.54) is 77.9 Å². The molecule has 2 atom stereocenters. The van der Waals surface area contributed by atoms with E-state index in [2.05, 4.69) is 130 Å². The molecule has 0 nitrogen and oxygen atoms in total. The van der Waals surface area contributed by atoms with E-state index in [0.717, 1.165) is 0 Å². The van der Waals surface area contributed by atoms with E-state index < -0.39 is 0 Å². The number of rotatable bonds is 5. The molecule has 0 aliphatic heterocycles. The van der Waals surface area contributed by atoms with Crippen molar-refractivity contribution in [1.82, 2.24) is 0 Å². The zero-order valence-electron chi connectivity index (χ0n) is 26.2. The van der Waals surface area contributed by atoms with Gasteiger partial charge in [0.25, 0.3) is 0 Å². The Bertz CT molecular complexity index is 1480. The summed E-state index contributed by atoms with van der Waals surface area (Å²) in [6.07, 6.45) is 14.5. The highest BCUT2D eigenvalue weighted by molar-refractivity contribution is 5.95. The van der Waals surface area contributed by atoms with Crippen molar-refractivity contribution in [2.45, 2.75) is 92.9 Å². The van der Waals surface area contributed by atoms with Gasteiger partial charge in [-0.2, -0.15) is 0 Å². The van der Waals surface area contributed by atoms with Crippen LogP contribution in [-0.4, -0.2) is 0 Å². The van der Waals surface area contributed by atoms with E-state index in [9.17, 15) is 0 Å². The van der Waals surface area contributed by atoms with Crippen LogP contribution in [0.5, 0.6) is 0 Å². The molecule has 0 heteroatoms. The van der Waals surface area contributed by atoms with Crippen LogP contribution in [-0.2, 0) is 0 Å². The summed E-state index contributed by atoms with van der Waals surface area (Å²) in [6, 6.07) is 10.0. The molecule has 0 bridgehead atoms. The number of benzene rings is 2. The number of hydrogen-bond donors (Lipinski definition) is 0. The maximum atomic E-state index is 2.56. The topological polar surface area (TPSA) is 0 Å². The van der Waals surface area contributed by atoms with Crippen LogP contribution in [0.3, 0.4) is 0 Å². The van der Waals surface area contributed by atoms with Crippen LogP contribution < -0.4 is 0 Å². The molecule has 0 saturated heterocycles. The Labute approximate surface area is 243 Å². The first kappa shape index (κ1) is 27.1. The Kier molecular flexibility index (Phi) is 6.60. The summed E-state index contributed by atoms with van der Waals surface area (Å²) in [4.78, 5) is 0. The van der Waals surface area contributed by atoms with Gasteiger partial charge in [-0.05, 0) is 104 Å². The van der Waals surface area contributed by atoms with Crippen molar-refractivity contribution in [1.29, 1.82) is 0 Å². The third-order valence-electron chi connectivity index (χ3n) is 9.97. The molecule has 206 valence electrons. The van der Waals surface area contributed by atoms with Crippen LogP contribution in [0.2, 0.25) is 0 Å². The molecule has 0 fully saturated rings. The van der Waals surface area contributed by atoms with Crippen molar-refractivity contribution in [2.75, 3.05) is 0 Å². The first-order valence-corrected chi connectivity index (χ1v) is 15.5. The van der Waals surface area contributed by atoms with Gasteiger partial charge in [-0.3, -0.25) is 0 Å². The van der Waals surface area contributed by atoms with Crippen LogP contribution in [0.25, 0.3) is 23.3 Å². The lowest BCUT2D eigenvalue weighted by molar-refractivity contribution is 0.686. The Hall–Kier alpha value is -3.12. The summed E-state index contributed by atoms with van der Waals surface area (Å²) in [6.45, 7) is 23.5. The van der Waals surface area contributed by atoms with Crippen molar-refractivity contribution >= 4 is 23.3 Å². The quantitative estimate of drug-likeness (QED) is 0.363. The fraction of sp³-hybridized carbons (Fsp3) is 0.400. The van der Waals surface area contributed by atoms with Crippen molar-refractivity contribution in [3.63, 3.8) is 0 Å². The Morgan fingerprint density at radius 3 is 1.18 bits per heavy atom. The molecule has 2 aromatic rings. The Morgan fingerprint density at radius 1 is 0.475 bits per heavy atom. The fourth-order valence-electron chi connectivity index (χ4n) is 7.41. The monoisotopic (exact) mass is 526 g/mol. The SMILES string of the molecule is CC1=C2C=C(C(C)C)C=Cc3cc(C(C)C)cc(c32)C1C1C(C)=C2C=C(C(C)C)C=Cc3cc(C(C)C)cc1c32. The summed E-state index contributed by atoms with van der Waals surface area (Å²) in [5.74, 6) is 2.69. The van der Waals surface area contributed by atoms with Crippen molar-refractivity contribution in [3.05, 3.63) is 115 Å². The summed E-state index contributed by atoms with van der Waals surface area (Å²) in [5.41, 5.74) is 20.6.